The maximum atomic E-state index is 10.2. The van der Waals surface area contributed by atoms with Crippen molar-refractivity contribution >= 4 is 20.6 Å². The van der Waals surface area contributed by atoms with Gasteiger partial charge in [0.25, 0.3) is 0 Å². The minimum atomic E-state index is -2.86. The highest BCUT2D eigenvalue weighted by Gasteiger charge is 2.44. The molecule has 0 amide bonds. The molecule has 2 aliphatic rings. The summed E-state index contributed by atoms with van der Waals surface area (Å²) in [5.74, 6) is 0.559. The van der Waals surface area contributed by atoms with E-state index in [0.29, 0.717) is 50.5 Å². The molecule has 0 aromatic heterocycles. The van der Waals surface area contributed by atoms with Crippen LogP contribution in [-0.2, 0) is 22.8 Å². The lowest BCUT2D eigenvalue weighted by Gasteiger charge is -2.29. The van der Waals surface area contributed by atoms with Crippen LogP contribution in [0.2, 0.25) is 6.04 Å². The normalized spacial score (nSPS) is 22.6. The monoisotopic (exact) mass is 570 g/mol. The Kier molecular flexibility index (Phi) is 11.3. The van der Waals surface area contributed by atoms with Gasteiger partial charge >= 0.3 is 8.80 Å². The first-order valence-corrected chi connectivity index (χ1v) is 16.2. The second-order valence-corrected chi connectivity index (χ2v) is 12.5. The Balaban J connectivity index is 1.60. The number of aliphatic imine (C=N–C) groups is 2. The molecule has 2 N–H and O–H groups in total. The van der Waals surface area contributed by atoms with Crippen molar-refractivity contribution in [2.45, 2.75) is 63.9 Å². The second kappa shape index (κ2) is 14.9. The lowest BCUT2D eigenvalue weighted by atomic mass is 10.0. The highest BCUT2D eigenvalue weighted by atomic mass is 28.4. The molecule has 4 rings (SSSR count). The fourth-order valence-corrected chi connectivity index (χ4v) is 7.94. The standard InChI is InChI=1S/C30H42N2O7Si/c1-4-35-40(36-5-2,37-6-3)19-13-18-24(29-31-25(20-33)27(38-29)22-14-9-7-10-15-22)30-32-26(21-34)28(39-30)23-16-11-8-12-17-23/h7-12,14-17,24-28,33-34H,4-6,13,18-21H2,1-3H3/t25-,26-,27-,28-/m0/s1. The van der Waals surface area contributed by atoms with Crippen molar-refractivity contribution in [1.29, 1.82) is 0 Å². The Bertz CT molecular complexity index is 1010. The molecule has 40 heavy (non-hydrogen) atoms. The molecular formula is C30H42N2O7Si. The average Bonchev–Trinajstić information content (AvgIpc) is 3.61. The van der Waals surface area contributed by atoms with E-state index in [9.17, 15) is 10.2 Å². The van der Waals surface area contributed by atoms with E-state index in [1.54, 1.807) is 0 Å². The molecule has 10 heteroatoms. The first-order valence-electron chi connectivity index (χ1n) is 14.3. The molecule has 0 fully saturated rings. The Labute approximate surface area is 238 Å². The zero-order valence-electron chi connectivity index (χ0n) is 23.6. The van der Waals surface area contributed by atoms with Crippen molar-refractivity contribution < 1.29 is 33.0 Å². The van der Waals surface area contributed by atoms with Crippen LogP contribution in [0.5, 0.6) is 0 Å². The molecule has 2 aromatic carbocycles. The highest BCUT2D eigenvalue weighted by Crippen LogP contribution is 2.37. The van der Waals surface area contributed by atoms with Crippen molar-refractivity contribution in [2.24, 2.45) is 15.9 Å². The predicted octanol–water partition coefficient (Wildman–Crippen LogP) is 4.49. The third-order valence-corrected chi connectivity index (χ3v) is 10.2. The third kappa shape index (κ3) is 7.18. The molecule has 2 aromatic rings. The Morgan fingerprint density at radius 1 is 0.725 bits per heavy atom. The van der Waals surface area contributed by atoms with Crippen molar-refractivity contribution in [3.05, 3.63) is 71.8 Å². The van der Waals surface area contributed by atoms with Crippen LogP contribution in [0.3, 0.4) is 0 Å². The van der Waals surface area contributed by atoms with E-state index in [-0.39, 0.29) is 13.2 Å². The molecule has 2 heterocycles. The topological polar surface area (TPSA) is 111 Å². The molecule has 4 atom stereocenters. The van der Waals surface area contributed by atoms with E-state index in [0.717, 1.165) is 11.1 Å². The van der Waals surface area contributed by atoms with Gasteiger partial charge in [-0.3, -0.25) is 0 Å². The van der Waals surface area contributed by atoms with Gasteiger partial charge in [0.1, 0.15) is 30.2 Å². The summed E-state index contributed by atoms with van der Waals surface area (Å²) in [6.45, 7) is 7.07. The number of benzene rings is 2. The van der Waals surface area contributed by atoms with E-state index < -0.39 is 39.0 Å². The van der Waals surface area contributed by atoms with Gasteiger partial charge in [-0.25, -0.2) is 9.98 Å². The minimum Gasteiger partial charge on any atom is -0.470 e. The molecule has 0 saturated heterocycles. The number of aliphatic hydroxyl groups excluding tert-OH is 2. The number of hydrogen-bond acceptors (Lipinski definition) is 9. The largest absolute Gasteiger partial charge is 0.500 e. The third-order valence-electron chi connectivity index (χ3n) is 7.08. The van der Waals surface area contributed by atoms with Gasteiger partial charge in [-0.05, 0) is 44.7 Å². The quantitative estimate of drug-likeness (QED) is 0.286. The highest BCUT2D eigenvalue weighted by molar-refractivity contribution is 6.60. The summed E-state index contributed by atoms with van der Waals surface area (Å²) in [4.78, 5) is 9.64. The maximum absolute atomic E-state index is 10.2. The van der Waals surface area contributed by atoms with Crippen LogP contribution in [0.25, 0.3) is 0 Å². The molecular weight excluding hydrogens is 528 g/mol. The van der Waals surface area contributed by atoms with Gasteiger partial charge in [-0.2, -0.15) is 0 Å². The lowest BCUT2D eigenvalue weighted by Crippen LogP contribution is -2.46. The number of rotatable bonds is 16. The van der Waals surface area contributed by atoms with E-state index in [1.165, 1.54) is 0 Å². The number of aliphatic hydroxyl groups is 2. The average molecular weight is 571 g/mol. The second-order valence-electron chi connectivity index (χ2n) is 9.76. The molecule has 9 nitrogen and oxygen atoms in total. The minimum absolute atomic E-state index is 0.149. The summed E-state index contributed by atoms with van der Waals surface area (Å²) in [6.07, 6.45) is 0.473. The first kappa shape index (κ1) is 30.4. The molecule has 0 aliphatic carbocycles. The molecule has 0 bridgehead atoms. The van der Waals surface area contributed by atoms with Gasteiger partial charge in [0.2, 0.25) is 0 Å². The summed E-state index contributed by atoms with van der Waals surface area (Å²) in [6, 6.07) is 19.3. The van der Waals surface area contributed by atoms with Gasteiger partial charge in [0, 0.05) is 25.9 Å². The molecule has 218 valence electrons. The smallest absolute Gasteiger partial charge is 0.470 e. The fraction of sp³-hybridized carbons (Fsp3) is 0.533. The van der Waals surface area contributed by atoms with Crippen LogP contribution < -0.4 is 0 Å². The van der Waals surface area contributed by atoms with Gasteiger partial charge in [0.15, 0.2) is 11.8 Å². The predicted molar refractivity (Wildman–Crippen MR) is 155 cm³/mol. The summed E-state index contributed by atoms with van der Waals surface area (Å²) >= 11 is 0. The summed E-state index contributed by atoms with van der Waals surface area (Å²) in [5.41, 5.74) is 1.89. The zero-order chi connectivity index (χ0) is 28.4. The molecule has 0 radical (unpaired) electrons. The Hall–Kier alpha value is -2.60. The van der Waals surface area contributed by atoms with Gasteiger partial charge < -0.3 is 33.0 Å². The molecule has 0 unspecified atom stereocenters. The Morgan fingerprint density at radius 3 is 1.52 bits per heavy atom. The SMILES string of the molecule is CCO[Si](CCCC(C1=N[C@@H](CO)[C@H](c2ccccc2)O1)C1=N[C@@H](CO)[C@H](c2ccccc2)O1)(OCC)OCC. The summed E-state index contributed by atoms with van der Waals surface area (Å²) in [7, 11) is -2.86. The van der Waals surface area contributed by atoms with Crippen molar-refractivity contribution in [1.82, 2.24) is 0 Å². The van der Waals surface area contributed by atoms with Crippen molar-refractivity contribution in [2.75, 3.05) is 33.0 Å². The molecule has 0 saturated carbocycles. The van der Waals surface area contributed by atoms with E-state index in [2.05, 4.69) is 0 Å². The van der Waals surface area contributed by atoms with Crippen LogP contribution in [0.1, 0.15) is 56.9 Å². The van der Waals surface area contributed by atoms with Crippen molar-refractivity contribution in [3.63, 3.8) is 0 Å². The van der Waals surface area contributed by atoms with E-state index in [4.69, 9.17) is 32.7 Å². The van der Waals surface area contributed by atoms with Gasteiger partial charge in [-0.1, -0.05) is 60.7 Å². The van der Waals surface area contributed by atoms with Crippen LogP contribution in [-0.4, -0.2) is 75.9 Å². The number of nitrogens with zero attached hydrogens (tertiary/aromatic N) is 2. The first-order chi connectivity index (χ1) is 19.6. The maximum Gasteiger partial charge on any atom is 0.500 e. The van der Waals surface area contributed by atoms with Crippen molar-refractivity contribution in [3.8, 4) is 0 Å². The zero-order valence-corrected chi connectivity index (χ0v) is 24.6. The van der Waals surface area contributed by atoms with Crippen LogP contribution in [0.15, 0.2) is 70.6 Å². The molecule has 0 spiro atoms. The fourth-order valence-electron chi connectivity index (χ4n) is 5.30. The van der Waals surface area contributed by atoms with Gasteiger partial charge in [0.05, 0.1) is 13.2 Å². The van der Waals surface area contributed by atoms with Crippen LogP contribution >= 0.6 is 0 Å². The van der Waals surface area contributed by atoms with E-state index in [1.807, 2.05) is 81.4 Å². The number of hydrogen-bond donors (Lipinski definition) is 2. The number of ether oxygens (including phenoxy) is 2. The van der Waals surface area contributed by atoms with E-state index >= 15 is 0 Å². The van der Waals surface area contributed by atoms with Crippen LogP contribution in [0, 0.1) is 5.92 Å². The van der Waals surface area contributed by atoms with Gasteiger partial charge in [-0.15, -0.1) is 0 Å². The Morgan fingerprint density at radius 2 is 1.15 bits per heavy atom. The lowest BCUT2D eigenvalue weighted by molar-refractivity contribution is 0.0704. The summed E-state index contributed by atoms with van der Waals surface area (Å²) in [5, 5.41) is 20.3. The summed E-state index contributed by atoms with van der Waals surface area (Å²) < 4.78 is 31.1. The molecule has 2 aliphatic heterocycles. The van der Waals surface area contributed by atoms with Crippen LogP contribution in [0.4, 0.5) is 0 Å².